The van der Waals surface area contributed by atoms with E-state index in [-0.39, 0.29) is 0 Å². The summed E-state index contributed by atoms with van der Waals surface area (Å²) >= 11 is 0. The zero-order valence-corrected chi connectivity index (χ0v) is 7.47. The van der Waals surface area contributed by atoms with Crippen LogP contribution >= 0.6 is 0 Å². The largest absolute Gasteiger partial charge is 0.314 e. The van der Waals surface area contributed by atoms with Gasteiger partial charge in [-0.1, -0.05) is 6.42 Å². The Bertz CT molecular complexity index is 144. The molecule has 1 unspecified atom stereocenters. The molecule has 1 aliphatic heterocycles. The van der Waals surface area contributed by atoms with Crippen LogP contribution in [0.5, 0.6) is 0 Å². The number of piperidine rings is 1. The van der Waals surface area contributed by atoms with Gasteiger partial charge >= 0.3 is 0 Å². The summed E-state index contributed by atoms with van der Waals surface area (Å²) in [6, 6.07) is 2.76. The second kappa shape index (κ2) is 5.99. The zero-order valence-electron chi connectivity index (χ0n) is 7.47. The molecule has 0 aromatic rings. The van der Waals surface area contributed by atoms with Gasteiger partial charge in [-0.05, 0) is 19.4 Å². The van der Waals surface area contributed by atoms with Crippen molar-refractivity contribution in [3.05, 3.63) is 0 Å². The van der Waals surface area contributed by atoms with Crippen LogP contribution in [0.25, 0.3) is 0 Å². The van der Waals surface area contributed by atoms with Crippen molar-refractivity contribution in [3.8, 4) is 6.07 Å². The van der Waals surface area contributed by atoms with Crippen molar-refractivity contribution in [2.24, 2.45) is 0 Å². The van der Waals surface area contributed by atoms with Crippen molar-refractivity contribution in [3.63, 3.8) is 0 Å². The van der Waals surface area contributed by atoms with E-state index in [1.165, 1.54) is 19.3 Å². The van der Waals surface area contributed by atoms with Gasteiger partial charge in [-0.3, -0.25) is 0 Å². The van der Waals surface area contributed by atoms with Gasteiger partial charge in [-0.25, -0.2) is 0 Å². The topological polar surface area (TPSA) is 47.9 Å². The zero-order chi connectivity index (χ0) is 8.65. The first-order valence-electron chi connectivity index (χ1n) is 4.74. The molecule has 0 radical (unpaired) electrons. The van der Waals surface area contributed by atoms with E-state index in [9.17, 15) is 0 Å². The van der Waals surface area contributed by atoms with Gasteiger partial charge in [-0.2, -0.15) is 5.26 Å². The summed E-state index contributed by atoms with van der Waals surface area (Å²) < 4.78 is 0. The standard InChI is InChI=1S/C9H17N3/c10-5-3-6-11-8-9-4-1-2-7-12-9/h9,11-12H,1-4,6-8H2. The Balaban J connectivity index is 1.95. The lowest BCUT2D eigenvalue weighted by Crippen LogP contribution is -2.41. The van der Waals surface area contributed by atoms with E-state index in [2.05, 4.69) is 16.7 Å². The molecular formula is C9H17N3. The van der Waals surface area contributed by atoms with Crippen LogP contribution in [0.15, 0.2) is 0 Å². The lowest BCUT2D eigenvalue weighted by molar-refractivity contribution is 0.385. The molecule has 0 aromatic heterocycles. The quantitative estimate of drug-likeness (QED) is 0.604. The molecule has 1 rings (SSSR count). The summed E-state index contributed by atoms with van der Waals surface area (Å²) in [5.41, 5.74) is 0. The monoisotopic (exact) mass is 167 g/mol. The summed E-state index contributed by atoms with van der Waals surface area (Å²) in [6.45, 7) is 3.00. The van der Waals surface area contributed by atoms with Crippen molar-refractivity contribution >= 4 is 0 Å². The highest BCUT2D eigenvalue weighted by Gasteiger charge is 2.10. The maximum absolute atomic E-state index is 8.30. The number of hydrogen-bond donors (Lipinski definition) is 2. The molecule has 1 saturated heterocycles. The summed E-state index contributed by atoms with van der Waals surface area (Å²) in [4.78, 5) is 0. The smallest absolute Gasteiger partial charge is 0.0635 e. The minimum absolute atomic E-state index is 0.618. The number of nitrogens with zero attached hydrogens (tertiary/aromatic N) is 1. The van der Waals surface area contributed by atoms with Crippen molar-refractivity contribution in [2.75, 3.05) is 19.6 Å². The molecular weight excluding hydrogens is 150 g/mol. The molecule has 0 spiro atoms. The van der Waals surface area contributed by atoms with Gasteiger partial charge in [0.1, 0.15) is 0 Å². The molecule has 0 aliphatic carbocycles. The van der Waals surface area contributed by atoms with Gasteiger partial charge in [0.2, 0.25) is 0 Å². The van der Waals surface area contributed by atoms with E-state index < -0.39 is 0 Å². The van der Waals surface area contributed by atoms with E-state index in [1.54, 1.807) is 0 Å². The maximum atomic E-state index is 8.30. The Labute approximate surface area is 74.1 Å². The number of rotatable bonds is 4. The van der Waals surface area contributed by atoms with Crippen molar-refractivity contribution < 1.29 is 0 Å². The predicted octanol–water partition coefficient (Wildman–Crippen LogP) is 0.632. The fraction of sp³-hybridized carbons (Fsp3) is 0.889. The molecule has 2 N–H and O–H groups in total. The van der Waals surface area contributed by atoms with Crippen LogP contribution in [-0.4, -0.2) is 25.7 Å². The van der Waals surface area contributed by atoms with Crippen LogP contribution in [0.4, 0.5) is 0 Å². The van der Waals surface area contributed by atoms with Crippen molar-refractivity contribution in [1.29, 1.82) is 5.26 Å². The third kappa shape index (κ3) is 3.70. The lowest BCUT2D eigenvalue weighted by atomic mass is 10.1. The molecule has 12 heavy (non-hydrogen) atoms. The summed E-state index contributed by atoms with van der Waals surface area (Å²) in [5.74, 6) is 0. The van der Waals surface area contributed by atoms with Crippen molar-refractivity contribution in [1.82, 2.24) is 10.6 Å². The third-order valence-electron chi connectivity index (χ3n) is 2.22. The number of nitriles is 1. The SMILES string of the molecule is N#CCCNCC1CCCCN1. The molecule has 1 heterocycles. The van der Waals surface area contributed by atoms with Gasteiger partial charge in [-0.15, -0.1) is 0 Å². The average Bonchev–Trinajstić information content (AvgIpc) is 2.14. The summed E-state index contributed by atoms with van der Waals surface area (Å²) in [7, 11) is 0. The normalized spacial score (nSPS) is 23.4. The first-order valence-corrected chi connectivity index (χ1v) is 4.74. The van der Waals surface area contributed by atoms with Crippen molar-refractivity contribution in [2.45, 2.75) is 31.7 Å². The molecule has 0 saturated carbocycles. The Morgan fingerprint density at radius 3 is 3.08 bits per heavy atom. The molecule has 3 nitrogen and oxygen atoms in total. The molecule has 68 valence electrons. The Morgan fingerprint density at radius 2 is 2.42 bits per heavy atom. The van der Waals surface area contributed by atoms with Gasteiger partial charge in [0.15, 0.2) is 0 Å². The van der Waals surface area contributed by atoms with Crippen LogP contribution in [0.2, 0.25) is 0 Å². The minimum atomic E-state index is 0.618. The Hall–Kier alpha value is -0.590. The fourth-order valence-corrected chi connectivity index (χ4v) is 1.52. The molecule has 3 heteroatoms. The maximum Gasteiger partial charge on any atom is 0.0635 e. The predicted molar refractivity (Wildman–Crippen MR) is 48.7 cm³/mol. The van der Waals surface area contributed by atoms with Crippen LogP contribution in [0, 0.1) is 11.3 Å². The number of nitrogens with one attached hydrogen (secondary N) is 2. The molecule has 0 amide bonds. The number of hydrogen-bond acceptors (Lipinski definition) is 3. The van der Waals surface area contributed by atoms with Gasteiger partial charge in [0, 0.05) is 25.6 Å². The fourth-order valence-electron chi connectivity index (χ4n) is 1.52. The van der Waals surface area contributed by atoms with E-state index in [0.29, 0.717) is 12.5 Å². The first kappa shape index (κ1) is 9.50. The molecule has 1 aliphatic rings. The Kier molecular flexibility index (Phi) is 4.74. The summed E-state index contributed by atoms with van der Waals surface area (Å²) in [6.07, 6.45) is 4.55. The van der Waals surface area contributed by atoms with Crippen LogP contribution in [0.3, 0.4) is 0 Å². The van der Waals surface area contributed by atoms with Gasteiger partial charge < -0.3 is 10.6 Å². The van der Waals surface area contributed by atoms with Gasteiger partial charge in [0.25, 0.3) is 0 Å². The van der Waals surface area contributed by atoms with E-state index in [4.69, 9.17) is 5.26 Å². The van der Waals surface area contributed by atoms with E-state index in [0.717, 1.165) is 19.6 Å². The van der Waals surface area contributed by atoms with E-state index in [1.807, 2.05) is 0 Å². The Morgan fingerprint density at radius 1 is 1.50 bits per heavy atom. The molecule has 1 atom stereocenters. The van der Waals surface area contributed by atoms with E-state index >= 15 is 0 Å². The van der Waals surface area contributed by atoms with Crippen LogP contribution < -0.4 is 10.6 Å². The van der Waals surface area contributed by atoms with Crippen LogP contribution in [-0.2, 0) is 0 Å². The average molecular weight is 167 g/mol. The molecule has 0 aromatic carbocycles. The summed E-state index contributed by atoms with van der Waals surface area (Å²) in [5, 5.41) is 15.0. The molecule has 1 fully saturated rings. The minimum Gasteiger partial charge on any atom is -0.314 e. The van der Waals surface area contributed by atoms with Crippen LogP contribution in [0.1, 0.15) is 25.7 Å². The second-order valence-electron chi connectivity index (χ2n) is 3.26. The highest BCUT2D eigenvalue weighted by molar-refractivity contribution is 4.76. The molecule has 0 bridgehead atoms. The van der Waals surface area contributed by atoms with Gasteiger partial charge in [0.05, 0.1) is 6.07 Å². The third-order valence-corrected chi connectivity index (χ3v) is 2.22. The highest BCUT2D eigenvalue weighted by Crippen LogP contribution is 2.05. The highest BCUT2D eigenvalue weighted by atomic mass is 15.0. The lowest BCUT2D eigenvalue weighted by Gasteiger charge is -2.23. The first-order chi connectivity index (χ1) is 5.93. The second-order valence-corrected chi connectivity index (χ2v) is 3.26.